The number of hydrogen-bond acceptors (Lipinski definition) is 6. The van der Waals surface area contributed by atoms with Crippen molar-refractivity contribution in [2.75, 3.05) is 6.61 Å². The van der Waals surface area contributed by atoms with E-state index in [0.29, 0.717) is 35.9 Å². The van der Waals surface area contributed by atoms with Crippen molar-refractivity contribution in [2.24, 2.45) is 39.4 Å². The first-order chi connectivity index (χ1) is 18.8. The fraction of sp³-hybridized carbons (Fsp3) is 0.882. The molecule has 0 aromatic rings. The second kappa shape index (κ2) is 10.4. The molecule has 11 atom stereocenters. The van der Waals surface area contributed by atoms with E-state index in [-0.39, 0.29) is 47.3 Å². The minimum atomic E-state index is -0.718. The van der Waals surface area contributed by atoms with Crippen LogP contribution < -0.4 is 0 Å². The number of cyclic esters (lactones) is 1. The summed E-state index contributed by atoms with van der Waals surface area (Å²) in [5.74, 6) is 0.490. The first-order valence-corrected chi connectivity index (χ1v) is 16.2. The Balaban J connectivity index is 1.65. The molecule has 3 fully saturated rings. The van der Waals surface area contributed by atoms with Crippen LogP contribution in [-0.2, 0) is 23.8 Å². The number of esters is 2. The van der Waals surface area contributed by atoms with Gasteiger partial charge in [-0.2, -0.15) is 0 Å². The molecule has 0 amide bonds. The zero-order valence-electron chi connectivity index (χ0n) is 26.3. The van der Waals surface area contributed by atoms with Crippen molar-refractivity contribution in [3.8, 4) is 0 Å². The maximum absolute atomic E-state index is 13.6. The molecular formula is C34H54O6. The van der Waals surface area contributed by atoms with Crippen LogP contribution in [0.5, 0.6) is 0 Å². The van der Waals surface area contributed by atoms with Gasteiger partial charge in [0.25, 0.3) is 0 Å². The van der Waals surface area contributed by atoms with Crippen LogP contribution in [0.25, 0.3) is 0 Å². The topological polar surface area (TPSA) is 82.1 Å². The Bertz CT molecular complexity index is 1050. The SMILES string of the molecule is CCO[C@@H]1C[C@H]2[C@]3(C)CC[C@H]4[C@@](C)(CC)CCC[C@]4(C)[C@H]3C[C@H](OC(=O)CC(O)CC)[C@]2(C)C2=C1[C@@H](C)OC2=O. The largest absolute Gasteiger partial charge is 0.461 e. The molecule has 4 aliphatic carbocycles. The molecule has 6 heteroatoms. The Hall–Kier alpha value is -1.40. The second-order valence-electron chi connectivity index (χ2n) is 14.9. The molecule has 5 rings (SSSR count). The number of ether oxygens (including phenoxy) is 3. The molecule has 3 saturated carbocycles. The summed E-state index contributed by atoms with van der Waals surface area (Å²) < 4.78 is 18.7. The number of rotatable bonds is 7. The molecule has 1 unspecified atom stereocenters. The van der Waals surface area contributed by atoms with Crippen LogP contribution in [0.2, 0.25) is 0 Å². The highest BCUT2D eigenvalue weighted by atomic mass is 16.6. The number of carbonyl (C=O) groups excluding carboxylic acids is 2. The predicted octanol–water partition coefficient (Wildman–Crippen LogP) is 6.78. The summed E-state index contributed by atoms with van der Waals surface area (Å²) in [6, 6.07) is 0. The lowest BCUT2D eigenvalue weighted by atomic mass is 9.34. The van der Waals surface area contributed by atoms with Gasteiger partial charge in [-0.15, -0.1) is 0 Å². The quantitative estimate of drug-likeness (QED) is 0.347. The number of aliphatic hydroxyl groups excluding tert-OH is 1. The Morgan fingerprint density at radius 1 is 1.02 bits per heavy atom. The van der Waals surface area contributed by atoms with E-state index < -0.39 is 17.6 Å². The number of carbonyl (C=O) groups is 2. The Labute approximate surface area is 242 Å². The van der Waals surface area contributed by atoms with Gasteiger partial charge in [-0.05, 0) is 92.8 Å². The van der Waals surface area contributed by atoms with E-state index in [2.05, 4.69) is 34.6 Å². The van der Waals surface area contributed by atoms with Crippen LogP contribution in [0.15, 0.2) is 11.1 Å². The monoisotopic (exact) mass is 558 g/mol. The van der Waals surface area contributed by atoms with Crippen molar-refractivity contribution in [1.82, 2.24) is 0 Å². The lowest BCUT2D eigenvalue weighted by Crippen LogP contribution is -2.67. The highest BCUT2D eigenvalue weighted by molar-refractivity contribution is 5.95. The minimum absolute atomic E-state index is 0.0161. The molecule has 0 saturated heterocycles. The third-order valence-corrected chi connectivity index (χ3v) is 13.2. The van der Waals surface area contributed by atoms with Crippen molar-refractivity contribution >= 4 is 11.9 Å². The number of aliphatic hydroxyl groups is 1. The lowest BCUT2D eigenvalue weighted by molar-refractivity contribution is -0.233. The predicted molar refractivity (Wildman–Crippen MR) is 154 cm³/mol. The molecule has 0 radical (unpaired) electrons. The summed E-state index contributed by atoms with van der Waals surface area (Å²) in [6.45, 7) is 18.5. The van der Waals surface area contributed by atoms with Gasteiger partial charge < -0.3 is 19.3 Å². The Kier molecular flexibility index (Phi) is 7.82. The van der Waals surface area contributed by atoms with Gasteiger partial charge in [0.05, 0.1) is 24.2 Å². The van der Waals surface area contributed by atoms with Crippen molar-refractivity contribution in [3.63, 3.8) is 0 Å². The van der Waals surface area contributed by atoms with Gasteiger partial charge in [0.15, 0.2) is 0 Å². The van der Waals surface area contributed by atoms with Crippen molar-refractivity contribution < 1.29 is 28.9 Å². The molecule has 40 heavy (non-hydrogen) atoms. The van der Waals surface area contributed by atoms with E-state index in [4.69, 9.17) is 14.2 Å². The van der Waals surface area contributed by atoms with Crippen LogP contribution in [0.4, 0.5) is 0 Å². The second-order valence-corrected chi connectivity index (χ2v) is 14.9. The highest BCUT2D eigenvalue weighted by Gasteiger charge is 2.71. The summed E-state index contributed by atoms with van der Waals surface area (Å²) in [5, 5.41) is 10.3. The third-order valence-electron chi connectivity index (χ3n) is 13.2. The van der Waals surface area contributed by atoms with Gasteiger partial charge in [-0.1, -0.05) is 54.4 Å². The van der Waals surface area contributed by atoms with Crippen LogP contribution in [0.3, 0.4) is 0 Å². The molecule has 1 aliphatic heterocycles. The van der Waals surface area contributed by atoms with Crippen LogP contribution in [0.1, 0.15) is 120 Å². The van der Waals surface area contributed by atoms with E-state index in [1.54, 1.807) is 0 Å². The molecule has 226 valence electrons. The lowest BCUT2D eigenvalue weighted by Gasteiger charge is -2.70. The Morgan fingerprint density at radius 2 is 1.73 bits per heavy atom. The van der Waals surface area contributed by atoms with Gasteiger partial charge in [0.1, 0.15) is 12.2 Å². The number of fused-ring (bicyclic) bond motifs is 6. The van der Waals surface area contributed by atoms with Gasteiger partial charge in [-0.3, -0.25) is 4.79 Å². The standard InChI is InChI=1S/C34H54O6/c1-9-21(35)17-27(36)40-26-19-24-32(6)15-12-14-31(5,10-2)23(32)13-16-33(24,7)25-18-22(38-11-3)28-20(4)39-30(37)29(28)34(25,26)8/h20-26,35H,9-19H2,1-8H3/t20-,21?,22-,23+,24-,25+,26+,31+,32+,33-,34-/m1/s1. The summed E-state index contributed by atoms with van der Waals surface area (Å²) in [7, 11) is 0. The molecule has 0 aromatic heterocycles. The van der Waals surface area contributed by atoms with Crippen LogP contribution >= 0.6 is 0 Å². The fourth-order valence-corrected chi connectivity index (χ4v) is 11.1. The van der Waals surface area contributed by atoms with Crippen molar-refractivity contribution in [3.05, 3.63) is 11.1 Å². The molecule has 0 aromatic carbocycles. The van der Waals surface area contributed by atoms with Crippen molar-refractivity contribution in [2.45, 2.75) is 144 Å². The van der Waals surface area contributed by atoms with Crippen LogP contribution in [-0.4, -0.2) is 48.1 Å². The molecular weight excluding hydrogens is 504 g/mol. The van der Waals surface area contributed by atoms with E-state index >= 15 is 0 Å². The van der Waals surface area contributed by atoms with E-state index in [1.165, 1.54) is 32.1 Å². The molecule has 1 heterocycles. The minimum Gasteiger partial charge on any atom is -0.461 e. The average Bonchev–Trinajstić information content (AvgIpc) is 3.21. The van der Waals surface area contributed by atoms with Gasteiger partial charge in [-0.25, -0.2) is 4.79 Å². The Morgan fingerprint density at radius 3 is 2.38 bits per heavy atom. The number of hydrogen-bond donors (Lipinski definition) is 1. The summed E-state index contributed by atoms with van der Waals surface area (Å²) in [4.78, 5) is 27.0. The summed E-state index contributed by atoms with van der Waals surface area (Å²) >= 11 is 0. The zero-order chi connectivity index (χ0) is 29.3. The summed E-state index contributed by atoms with van der Waals surface area (Å²) in [5.41, 5.74) is 1.46. The molecule has 0 bridgehead atoms. The zero-order valence-corrected chi connectivity index (χ0v) is 26.3. The molecule has 6 nitrogen and oxygen atoms in total. The maximum Gasteiger partial charge on any atom is 0.335 e. The van der Waals surface area contributed by atoms with Crippen LogP contribution in [0, 0.1) is 39.4 Å². The van der Waals surface area contributed by atoms with E-state index in [0.717, 1.165) is 24.8 Å². The van der Waals surface area contributed by atoms with Gasteiger partial charge in [0.2, 0.25) is 0 Å². The fourth-order valence-electron chi connectivity index (χ4n) is 11.1. The van der Waals surface area contributed by atoms with Crippen molar-refractivity contribution in [1.29, 1.82) is 0 Å². The first kappa shape index (κ1) is 30.1. The van der Waals surface area contributed by atoms with E-state index in [1.807, 2.05) is 20.8 Å². The highest BCUT2D eigenvalue weighted by Crippen LogP contribution is 2.74. The van der Waals surface area contributed by atoms with Gasteiger partial charge >= 0.3 is 11.9 Å². The maximum atomic E-state index is 13.6. The molecule has 0 spiro atoms. The average molecular weight is 559 g/mol. The first-order valence-electron chi connectivity index (χ1n) is 16.2. The van der Waals surface area contributed by atoms with E-state index in [9.17, 15) is 14.7 Å². The smallest absolute Gasteiger partial charge is 0.335 e. The third kappa shape index (κ3) is 4.24. The van der Waals surface area contributed by atoms with Gasteiger partial charge in [0, 0.05) is 17.6 Å². The summed E-state index contributed by atoms with van der Waals surface area (Å²) in [6.07, 6.45) is 7.64. The normalized spacial score (nSPS) is 47.0. The molecule has 5 aliphatic rings. The molecule has 1 N–H and O–H groups in total.